The number of hydrogen-bond donors (Lipinski definition) is 3. The Morgan fingerprint density at radius 1 is 1.17 bits per heavy atom. The zero-order valence-corrected chi connectivity index (χ0v) is 14.0. The molecule has 2 saturated heterocycles. The largest absolute Gasteiger partial charge is 0.326 e. The van der Waals surface area contributed by atoms with E-state index in [0.29, 0.717) is 24.2 Å². The van der Waals surface area contributed by atoms with Crippen LogP contribution in [0.15, 0.2) is 29.2 Å². The van der Waals surface area contributed by atoms with Crippen LogP contribution in [0.5, 0.6) is 0 Å². The molecule has 2 aliphatic heterocycles. The van der Waals surface area contributed by atoms with Crippen LogP contribution in [0, 0.1) is 0 Å². The summed E-state index contributed by atoms with van der Waals surface area (Å²) in [5.41, 5.74) is 0.607. The second-order valence-corrected chi connectivity index (χ2v) is 8.07. The van der Waals surface area contributed by atoms with Crippen molar-refractivity contribution in [2.45, 2.75) is 62.0 Å². The smallest absolute Gasteiger partial charge is 0.240 e. The molecule has 2 unspecified atom stereocenters. The van der Waals surface area contributed by atoms with Crippen LogP contribution >= 0.6 is 0 Å². The summed E-state index contributed by atoms with van der Waals surface area (Å²) in [6, 6.07) is 7.18. The summed E-state index contributed by atoms with van der Waals surface area (Å²) in [5, 5.41) is 6.21. The zero-order chi connectivity index (χ0) is 16.4. The second kappa shape index (κ2) is 6.59. The molecular formula is C16H23N3O3S. The highest BCUT2D eigenvalue weighted by atomic mass is 32.2. The first-order valence-corrected chi connectivity index (χ1v) is 9.63. The van der Waals surface area contributed by atoms with E-state index in [1.807, 2.05) is 0 Å². The lowest BCUT2D eigenvalue weighted by molar-refractivity contribution is -0.115. The lowest BCUT2D eigenvalue weighted by atomic mass is 10.0. The number of anilines is 1. The summed E-state index contributed by atoms with van der Waals surface area (Å²) in [6.45, 7) is 1.77. The number of hydrogen-bond acceptors (Lipinski definition) is 4. The van der Waals surface area contributed by atoms with Crippen molar-refractivity contribution in [3.8, 4) is 0 Å². The van der Waals surface area contributed by atoms with Gasteiger partial charge in [-0.05, 0) is 49.9 Å². The van der Waals surface area contributed by atoms with Gasteiger partial charge in [-0.15, -0.1) is 0 Å². The van der Waals surface area contributed by atoms with Crippen LogP contribution in [0.25, 0.3) is 0 Å². The van der Waals surface area contributed by atoms with Crippen molar-refractivity contribution < 1.29 is 13.2 Å². The second-order valence-electron chi connectivity index (χ2n) is 6.35. The van der Waals surface area contributed by atoms with E-state index in [1.54, 1.807) is 19.1 Å². The maximum Gasteiger partial charge on any atom is 0.240 e. The van der Waals surface area contributed by atoms with Gasteiger partial charge in [-0.25, -0.2) is 13.1 Å². The number of carbonyl (C=O) groups excluding carboxylic acids is 1. The van der Waals surface area contributed by atoms with Gasteiger partial charge in [0.05, 0.1) is 4.90 Å². The van der Waals surface area contributed by atoms with Crippen molar-refractivity contribution in [1.29, 1.82) is 0 Å². The fourth-order valence-electron chi connectivity index (χ4n) is 3.41. The molecule has 0 radical (unpaired) electrons. The number of rotatable bonds is 5. The van der Waals surface area contributed by atoms with Gasteiger partial charge in [0.25, 0.3) is 0 Å². The summed E-state index contributed by atoms with van der Waals surface area (Å²) in [7, 11) is -3.52. The van der Waals surface area contributed by atoms with Gasteiger partial charge in [-0.2, -0.15) is 0 Å². The van der Waals surface area contributed by atoms with Crippen LogP contribution in [0.2, 0.25) is 0 Å². The maximum absolute atomic E-state index is 12.5. The average molecular weight is 337 g/mol. The Labute approximate surface area is 137 Å². The van der Waals surface area contributed by atoms with Gasteiger partial charge in [0.1, 0.15) is 0 Å². The predicted octanol–water partition coefficient (Wildman–Crippen LogP) is 1.60. The molecule has 0 saturated carbocycles. The predicted molar refractivity (Wildman–Crippen MR) is 88.7 cm³/mol. The first kappa shape index (κ1) is 16.4. The highest BCUT2D eigenvalue weighted by Gasteiger charge is 2.35. The monoisotopic (exact) mass is 337 g/mol. The van der Waals surface area contributed by atoms with E-state index in [-0.39, 0.29) is 16.8 Å². The van der Waals surface area contributed by atoms with E-state index in [1.165, 1.54) is 12.1 Å². The fraction of sp³-hybridized carbons (Fsp3) is 0.562. The van der Waals surface area contributed by atoms with Crippen LogP contribution in [0.3, 0.4) is 0 Å². The van der Waals surface area contributed by atoms with Crippen LogP contribution in [0.1, 0.15) is 39.0 Å². The first-order valence-electron chi connectivity index (χ1n) is 8.14. The lowest BCUT2D eigenvalue weighted by Gasteiger charge is -2.29. The van der Waals surface area contributed by atoms with E-state index in [2.05, 4.69) is 15.4 Å². The minimum Gasteiger partial charge on any atom is -0.326 e. The van der Waals surface area contributed by atoms with Crippen molar-refractivity contribution >= 4 is 21.6 Å². The van der Waals surface area contributed by atoms with E-state index in [0.717, 1.165) is 25.7 Å². The summed E-state index contributed by atoms with van der Waals surface area (Å²) in [6.07, 6.45) is 4.35. The van der Waals surface area contributed by atoms with Crippen LogP contribution in [-0.2, 0) is 14.8 Å². The number of carbonyl (C=O) groups is 1. The standard InChI is InChI=1S/C16H23N3O3S/c1-2-16(20)18-11-5-7-15(8-6-11)23(21,22)19-14-9-12-3-4-13(10-14)17-12/h5-8,12-14,17,19H,2-4,9-10H2,1H3,(H,18,20). The quantitative estimate of drug-likeness (QED) is 0.761. The van der Waals surface area contributed by atoms with Crippen molar-refractivity contribution in [3.63, 3.8) is 0 Å². The SMILES string of the molecule is CCC(=O)Nc1ccc(S(=O)(=O)NC2CC3CCC(C2)N3)cc1. The van der Waals surface area contributed by atoms with Gasteiger partial charge in [0.2, 0.25) is 15.9 Å². The Hall–Kier alpha value is -1.44. The van der Waals surface area contributed by atoms with Crippen molar-refractivity contribution in [3.05, 3.63) is 24.3 Å². The molecule has 2 atom stereocenters. The lowest BCUT2D eigenvalue weighted by Crippen LogP contribution is -2.47. The molecular weight excluding hydrogens is 314 g/mol. The molecule has 1 amide bonds. The normalized spacial score (nSPS) is 26.9. The molecule has 126 valence electrons. The van der Waals surface area contributed by atoms with Gasteiger partial charge in [-0.3, -0.25) is 4.79 Å². The molecule has 0 spiro atoms. The van der Waals surface area contributed by atoms with Crippen molar-refractivity contribution in [2.24, 2.45) is 0 Å². The minimum atomic E-state index is -3.52. The van der Waals surface area contributed by atoms with E-state index >= 15 is 0 Å². The van der Waals surface area contributed by atoms with E-state index < -0.39 is 10.0 Å². The van der Waals surface area contributed by atoms with Crippen molar-refractivity contribution in [2.75, 3.05) is 5.32 Å². The Morgan fingerprint density at radius 3 is 2.35 bits per heavy atom. The zero-order valence-electron chi connectivity index (χ0n) is 13.2. The molecule has 2 aliphatic rings. The molecule has 2 heterocycles. The Bertz CT molecular complexity index is 660. The minimum absolute atomic E-state index is 0.00165. The third kappa shape index (κ3) is 3.91. The third-order valence-electron chi connectivity index (χ3n) is 4.56. The van der Waals surface area contributed by atoms with Gasteiger partial charge >= 0.3 is 0 Å². The Kier molecular flexibility index (Phi) is 4.70. The highest BCUT2D eigenvalue weighted by molar-refractivity contribution is 7.89. The maximum atomic E-state index is 12.5. The molecule has 0 aromatic heterocycles. The van der Waals surface area contributed by atoms with Gasteiger partial charge in [-0.1, -0.05) is 6.92 Å². The van der Waals surface area contributed by atoms with Crippen LogP contribution < -0.4 is 15.4 Å². The molecule has 3 rings (SSSR count). The number of nitrogens with one attached hydrogen (secondary N) is 3. The Balaban J connectivity index is 1.66. The highest BCUT2D eigenvalue weighted by Crippen LogP contribution is 2.27. The molecule has 23 heavy (non-hydrogen) atoms. The molecule has 6 nitrogen and oxygen atoms in total. The number of fused-ring (bicyclic) bond motifs is 2. The summed E-state index contributed by atoms with van der Waals surface area (Å²) in [5.74, 6) is -0.0936. The fourth-order valence-corrected chi connectivity index (χ4v) is 4.67. The number of sulfonamides is 1. The molecule has 2 fully saturated rings. The van der Waals surface area contributed by atoms with E-state index in [4.69, 9.17) is 0 Å². The molecule has 0 aliphatic carbocycles. The van der Waals surface area contributed by atoms with Gasteiger partial charge in [0.15, 0.2) is 0 Å². The van der Waals surface area contributed by atoms with Crippen molar-refractivity contribution in [1.82, 2.24) is 10.0 Å². The summed E-state index contributed by atoms with van der Waals surface area (Å²) in [4.78, 5) is 11.6. The summed E-state index contributed by atoms with van der Waals surface area (Å²) >= 11 is 0. The Morgan fingerprint density at radius 2 is 1.78 bits per heavy atom. The van der Waals surface area contributed by atoms with Gasteiger partial charge < -0.3 is 10.6 Å². The summed E-state index contributed by atoms with van der Waals surface area (Å²) < 4.78 is 27.8. The third-order valence-corrected chi connectivity index (χ3v) is 6.10. The first-order chi connectivity index (χ1) is 11.0. The molecule has 7 heteroatoms. The average Bonchev–Trinajstić information content (AvgIpc) is 2.86. The molecule has 2 bridgehead atoms. The topological polar surface area (TPSA) is 87.3 Å². The molecule has 1 aromatic carbocycles. The molecule has 1 aromatic rings. The number of benzene rings is 1. The molecule has 3 N–H and O–H groups in total. The van der Waals surface area contributed by atoms with Crippen LogP contribution in [0.4, 0.5) is 5.69 Å². The number of piperidine rings is 1. The van der Waals surface area contributed by atoms with Gasteiger partial charge in [0, 0.05) is 30.2 Å². The van der Waals surface area contributed by atoms with E-state index in [9.17, 15) is 13.2 Å². The number of amides is 1. The van der Waals surface area contributed by atoms with Crippen LogP contribution in [-0.4, -0.2) is 32.5 Å².